The maximum Gasteiger partial charge on any atom is 0.303 e. The standard InChI is InChI=1S/C24H32O4/c1-5-16-13-22-21-8-6-17-12-18(27-14(2)25)7-9-19(17)20(21)10-11-24(22,4)23(16)28-15(3)26/h1,12,16,18-23H,6-11,13H2,2-4H3/t16-,18+,19-,20+,21-,22-,23+,24+/m1/s1. The first kappa shape index (κ1) is 19.6. The molecule has 4 aliphatic carbocycles. The summed E-state index contributed by atoms with van der Waals surface area (Å²) in [6.07, 6.45) is 15.4. The van der Waals surface area contributed by atoms with Crippen LogP contribution in [0, 0.1) is 47.3 Å². The quantitative estimate of drug-likeness (QED) is 0.405. The zero-order valence-corrected chi connectivity index (χ0v) is 17.3. The number of hydrogen-bond acceptors (Lipinski definition) is 4. The van der Waals surface area contributed by atoms with Crippen LogP contribution >= 0.6 is 0 Å². The van der Waals surface area contributed by atoms with E-state index in [0.29, 0.717) is 23.7 Å². The van der Waals surface area contributed by atoms with Gasteiger partial charge in [-0.15, -0.1) is 6.42 Å². The summed E-state index contributed by atoms with van der Waals surface area (Å²) < 4.78 is 11.2. The molecule has 3 saturated carbocycles. The number of rotatable bonds is 2. The topological polar surface area (TPSA) is 52.6 Å². The van der Waals surface area contributed by atoms with Crippen LogP contribution in [0.5, 0.6) is 0 Å². The molecule has 0 heterocycles. The molecule has 0 aliphatic heterocycles. The Morgan fingerprint density at radius 1 is 1.11 bits per heavy atom. The molecular weight excluding hydrogens is 352 g/mol. The van der Waals surface area contributed by atoms with E-state index in [0.717, 1.165) is 32.1 Å². The molecule has 4 aliphatic rings. The van der Waals surface area contributed by atoms with E-state index < -0.39 is 0 Å². The maximum absolute atomic E-state index is 11.7. The van der Waals surface area contributed by atoms with Crippen molar-refractivity contribution in [2.45, 2.75) is 77.9 Å². The van der Waals surface area contributed by atoms with Crippen molar-refractivity contribution in [3.8, 4) is 12.3 Å². The van der Waals surface area contributed by atoms with Gasteiger partial charge < -0.3 is 9.47 Å². The molecule has 0 N–H and O–H groups in total. The van der Waals surface area contributed by atoms with Crippen LogP contribution in [0.2, 0.25) is 0 Å². The van der Waals surface area contributed by atoms with Crippen molar-refractivity contribution in [1.82, 2.24) is 0 Å². The van der Waals surface area contributed by atoms with Gasteiger partial charge in [-0.3, -0.25) is 9.59 Å². The number of esters is 2. The highest BCUT2D eigenvalue weighted by molar-refractivity contribution is 5.66. The van der Waals surface area contributed by atoms with Gasteiger partial charge in [0.2, 0.25) is 0 Å². The zero-order chi connectivity index (χ0) is 20.1. The van der Waals surface area contributed by atoms with Crippen LogP contribution in [0.4, 0.5) is 0 Å². The van der Waals surface area contributed by atoms with Crippen molar-refractivity contribution in [2.75, 3.05) is 0 Å². The monoisotopic (exact) mass is 384 g/mol. The second-order valence-corrected chi connectivity index (χ2v) is 9.63. The molecule has 0 radical (unpaired) electrons. The van der Waals surface area contributed by atoms with Gasteiger partial charge in [0.15, 0.2) is 0 Å². The highest BCUT2D eigenvalue weighted by Gasteiger charge is 2.60. The third-order valence-corrected chi connectivity index (χ3v) is 8.20. The van der Waals surface area contributed by atoms with Crippen LogP contribution in [-0.2, 0) is 19.1 Å². The Balaban J connectivity index is 1.55. The van der Waals surface area contributed by atoms with Crippen molar-refractivity contribution in [3.63, 3.8) is 0 Å². The number of terminal acetylenes is 1. The molecule has 4 heteroatoms. The first-order valence-corrected chi connectivity index (χ1v) is 10.8. The Labute approximate surface area is 168 Å². The number of carbonyl (C=O) groups is 2. The lowest BCUT2D eigenvalue weighted by atomic mass is 9.52. The maximum atomic E-state index is 11.7. The van der Waals surface area contributed by atoms with Gasteiger partial charge in [0.25, 0.3) is 0 Å². The number of carbonyl (C=O) groups excluding carboxylic acids is 2. The van der Waals surface area contributed by atoms with E-state index in [2.05, 4.69) is 18.9 Å². The number of hydrogen-bond donors (Lipinski definition) is 0. The largest absolute Gasteiger partial charge is 0.461 e. The van der Waals surface area contributed by atoms with Crippen molar-refractivity contribution in [3.05, 3.63) is 11.6 Å². The number of allylic oxidation sites excluding steroid dienone is 1. The third kappa shape index (κ3) is 3.17. The van der Waals surface area contributed by atoms with Crippen molar-refractivity contribution >= 4 is 11.9 Å². The Hall–Kier alpha value is -1.76. The molecule has 8 atom stereocenters. The molecule has 0 unspecified atom stereocenters. The molecule has 0 bridgehead atoms. The lowest BCUT2D eigenvalue weighted by Crippen LogP contribution is -2.48. The smallest absolute Gasteiger partial charge is 0.303 e. The highest BCUT2D eigenvalue weighted by atomic mass is 16.5. The van der Waals surface area contributed by atoms with E-state index in [4.69, 9.17) is 15.9 Å². The summed E-state index contributed by atoms with van der Waals surface area (Å²) in [6.45, 7) is 5.29. The lowest BCUT2D eigenvalue weighted by Gasteiger charge is -2.53. The van der Waals surface area contributed by atoms with Gasteiger partial charge in [-0.1, -0.05) is 18.4 Å². The summed E-state index contributed by atoms with van der Waals surface area (Å²) in [5, 5.41) is 0. The molecule has 4 rings (SSSR count). The molecule has 0 aromatic carbocycles. The van der Waals surface area contributed by atoms with E-state index in [1.54, 1.807) is 0 Å². The Morgan fingerprint density at radius 2 is 1.86 bits per heavy atom. The van der Waals surface area contributed by atoms with Crippen molar-refractivity contribution in [2.24, 2.45) is 35.0 Å². The fourth-order valence-corrected chi connectivity index (χ4v) is 7.16. The van der Waals surface area contributed by atoms with E-state index in [-0.39, 0.29) is 35.5 Å². The number of ether oxygens (including phenoxy) is 2. The summed E-state index contributed by atoms with van der Waals surface area (Å²) in [5.74, 6) is 5.06. The summed E-state index contributed by atoms with van der Waals surface area (Å²) in [4.78, 5) is 23.0. The summed E-state index contributed by atoms with van der Waals surface area (Å²) in [6, 6.07) is 0. The summed E-state index contributed by atoms with van der Waals surface area (Å²) in [5.41, 5.74) is 1.51. The third-order valence-electron chi connectivity index (χ3n) is 8.20. The van der Waals surface area contributed by atoms with Gasteiger partial charge in [-0.05, 0) is 74.7 Å². The fourth-order valence-electron chi connectivity index (χ4n) is 7.16. The van der Waals surface area contributed by atoms with Gasteiger partial charge in [-0.25, -0.2) is 0 Å². The minimum atomic E-state index is -0.216. The molecule has 0 saturated heterocycles. The average molecular weight is 385 g/mol. The van der Waals surface area contributed by atoms with Gasteiger partial charge >= 0.3 is 11.9 Å². The number of fused-ring (bicyclic) bond motifs is 5. The Kier molecular flexibility index (Phi) is 5.06. The second-order valence-electron chi connectivity index (χ2n) is 9.63. The van der Waals surface area contributed by atoms with Crippen LogP contribution in [0.15, 0.2) is 11.6 Å². The van der Waals surface area contributed by atoms with Crippen LogP contribution in [0.25, 0.3) is 0 Å². The fraction of sp³-hybridized carbons (Fsp3) is 0.750. The van der Waals surface area contributed by atoms with Crippen molar-refractivity contribution in [1.29, 1.82) is 0 Å². The van der Waals surface area contributed by atoms with Crippen LogP contribution in [0.1, 0.15) is 65.7 Å². The highest BCUT2D eigenvalue weighted by Crippen LogP contribution is 2.63. The molecule has 0 aromatic rings. The van der Waals surface area contributed by atoms with Crippen LogP contribution < -0.4 is 0 Å². The second kappa shape index (κ2) is 7.25. The Morgan fingerprint density at radius 3 is 2.54 bits per heavy atom. The van der Waals surface area contributed by atoms with Gasteiger partial charge in [0.1, 0.15) is 12.2 Å². The van der Waals surface area contributed by atoms with E-state index in [1.165, 1.54) is 32.3 Å². The average Bonchev–Trinajstić information content (AvgIpc) is 2.92. The van der Waals surface area contributed by atoms with Crippen LogP contribution in [-0.4, -0.2) is 24.1 Å². The molecule has 0 amide bonds. The molecule has 152 valence electrons. The molecule has 4 nitrogen and oxygen atoms in total. The summed E-state index contributed by atoms with van der Waals surface area (Å²) >= 11 is 0. The van der Waals surface area contributed by atoms with Gasteiger partial charge in [-0.2, -0.15) is 0 Å². The van der Waals surface area contributed by atoms with Gasteiger partial charge in [0.05, 0.1) is 5.92 Å². The SMILES string of the molecule is C#C[C@@H]1C[C@@H]2[C@@H]3CCC4=C[C@@H](OC(C)=O)CC[C@H]4[C@@H]3CC[C@]2(C)[C@H]1OC(C)=O. The minimum absolute atomic E-state index is 0.0000337. The van der Waals surface area contributed by atoms with Gasteiger partial charge in [0, 0.05) is 19.3 Å². The lowest BCUT2D eigenvalue weighted by molar-refractivity contribution is -0.157. The predicted octanol–water partition coefficient (Wildman–Crippen LogP) is 4.28. The zero-order valence-electron chi connectivity index (χ0n) is 17.3. The molecule has 28 heavy (non-hydrogen) atoms. The minimum Gasteiger partial charge on any atom is -0.461 e. The molecule has 3 fully saturated rings. The summed E-state index contributed by atoms with van der Waals surface area (Å²) in [7, 11) is 0. The first-order chi connectivity index (χ1) is 13.3. The predicted molar refractivity (Wildman–Crippen MR) is 106 cm³/mol. The van der Waals surface area contributed by atoms with E-state index in [1.807, 2.05) is 0 Å². The van der Waals surface area contributed by atoms with Crippen LogP contribution in [0.3, 0.4) is 0 Å². The molecule has 0 spiro atoms. The molecule has 0 aromatic heterocycles. The Bertz CT molecular complexity index is 731. The normalized spacial score (nSPS) is 44.2. The van der Waals surface area contributed by atoms with E-state index >= 15 is 0 Å². The first-order valence-electron chi connectivity index (χ1n) is 10.8. The van der Waals surface area contributed by atoms with Crippen molar-refractivity contribution < 1.29 is 19.1 Å². The van der Waals surface area contributed by atoms with E-state index in [9.17, 15) is 9.59 Å². The molecular formula is C24H32O4.